The molecule has 1 saturated heterocycles. The molecule has 4 rings (SSSR count). The lowest BCUT2D eigenvalue weighted by molar-refractivity contribution is 0.0552. The van der Waals surface area contributed by atoms with E-state index in [1.165, 1.54) is 5.56 Å². The van der Waals surface area contributed by atoms with Gasteiger partial charge in [-0.05, 0) is 32.0 Å². The second kappa shape index (κ2) is 8.76. The monoisotopic (exact) mass is 444 g/mol. The van der Waals surface area contributed by atoms with Crippen molar-refractivity contribution >= 4 is 29.1 Å². The summed E-state index contributed by atoms with van der Waals surface area (Å²) in [5, 5.41) is 5.04. The number of carbonyl (C=O) groups is 1. The predicted octanol–water partition coefficient (Wildman–Crippen LogP) is 4.87. The van der Waals surface area contributed by atoms with Crippen LogP contribution in [-0.2, 0) is 0 Å². The Bertz CT molecular complexity index is 1040. The molecule has 1 atom stereocenters. The Kier molecular flexibility index (Phi) is 6.09. The minimum absolute atomic E-state index is 0.0382. The van der Waals surface area contributed by atoms with Crippen molar-refractivity contribution in [3.63, 3.8) is 0 Å². The Balaban J connectivity index is 1.40. The SMILES string of the molecule is Cc1ccc(-c2noc([C@@H](C)N3CCN(C(=O)c4cc(Cl)ccc4Cl)CC3)n2)cc1. The highest BCUT2D eigenvalue weighted by atomic mass is 35.5. The highest BCUT2D eigenvalue weighted by Crippen LogP contribution is 2.26. The number of piperazine rings is 1. The summed E-state index contributed by atoms with van der Waals surface area (Å²) in [7, 11) is 0. The van der Waals surface area contributed by atoms with Gasteiger partial charge in [0.2, 0.25) is 11.7 Å². The zero-order valence-corrected chi connectivity index (χ0v) is 18.3. The molecule has 0 N–H and O–H groups in total. The van der Waals surface area contributed by atoms with E-state index in [4.69, 9.17) is 27.7 Å². The van der Waals surface area contributed by atoms with E-state index in [0.29, 0.717) is 53.5 Å². The van der Waals surface area contributed by atoms with E-state index in [9.17, 15) is 4.79 Å². The summed E-state index contributed by atoms with van der Waals surface area (Å²) in [6, 6.07) is 12.9. The first kappa shape index (κ1) is 20.8. The van der Waals surface area contributed by atoms with Gasteiger partial charge >= 0.3 is 0 Å². The average molecular weight is 445 g/mol. The van der Waals surface area contributed by atoms with Crippen LogP contribution in [0.15, 0.2) is 47.0 Å². The van der Waals surface area contributed by atoms with Gasteiger partial charge in [0, 0.05) is 36.8 Å². The van der Waals surface area contributed by atoms with Gasteiger partial charge in [-0.1, -0.05) is 58.2 Å². The molecule has 1 fully saturated rings. The zero-order chi connectivity index (χ0) is 21.3. The summed E-state index contributed by atoms with van der Waals surface area (Å²) < 4.78 is 5.52. The van der Waals surface area contributed by atoms with Crippen molar-refractivity contribution in [1.82, 2.24) is 19.9 Å². The Morgan fingerprint density at radius 3 is 2.47 bits per heavy atom. The Morgan fingerprint density at radius 2 is 1.77 bits per heavy atom. The van der Waals surface area contributed by atoms with Crippen molar-refractivity contribution in [2.45, 2.75) is 19.9 Å². The first-order chi connectivity index (χ1) is 14.4. The van der Waals surface area contributed by atoms with Crippen LogP contribution in [0.2, 0.25) is 10.0 Å². The predicted molar refractivity (Wildman–Crippen MR) is 117 cm³/mol. The molecule has 6 nitrogen and oxygen atoms in total. The Labute approximate surface area is 185 Å². The van der Waals surface area contributed by atoms with Crippen LogP contribution in [0, 0.1) is 6.92 Å². The van der Waals surface area contributed by atoms with Crippen LogP contribution in [0.4, 0.5) is 0 Å². The van der Waals surface area contributed by atoms with Crippen LogP contribution in [0.1, 0.15) is 34.8 Å². The smallest absolute Gasteiger partial charge is 0.255 e. The van der Waals surface area contributed by atoms with Gasteiger partial charge in [-0.3, -0.25) is 9.69 Å². The van der Waals surface area contributed by atoms with Crippen LogP contribution in [0.5, 0.6) is 0 Å². The molecule has 0 saturated carbocycles. The van der Waals surface area contributed by atoms with Gasteiger partial charge in [-0.2, -0.15) is 4.98 Å². The summed E-state index contributed by atoms with van der Waals surface area (Å²) in [6.45, 7) is 6.66. The van der Waals surface area contributed by atoms with Crippen molar-refractivity contribution in [2.75, 3.05) is 26.2 Å². The lowest BCUT2D eigenvalue weighted by atomic mass is 10.1. The van der Waals surface area contributed by atoms with Gasteiger partial charge in [0.15, 0.2) is 0 Å². The maximum atomic E-state index is 12.8. The number of aromatic nitrogens is 2. The van der Waals surface area contributed by atoms with Crippen molar-refractivity contribution in [2.24, 2.45) is 0 Å². The molecular formula is C22H22Cl2N4O2. The number of aryl methyl sites for hydroxylation is 1. The molecule has 1 aliphatic rings. The van der Waals surface area contributed by atoms with Crippen molar-refractivity contribution in [3.05, 3.63) is 69.5 Å². The van der Waals surface area contributed by atoms with E-state index in [1.54, 1.807) is 23.1 Å². The molecule has 2 aromatic carbocycles. The molecular weight excluding hydrogens is 423 g/mol. The van der Waals surface area contributed by atoms with Gasteiger partial charge in [0.25, 0.3) is 5.91 Å². The quantitative estimate of drug-likeness (QED) is 0.574. The molecule has 3 aromatic rings. The fourth-order valence-electron chi connectivity index (χ4n) is 3.53. The number of nitrogens with zero attached hydrogens (tertiary/aromatic N) is 4. The third-order valence-corrected chi connectivity index (χ3v) is 5.98. The Morgan fingerprint density at radius 1 is 1.07 bits per heavy atom. The molecule has 1 aromatic heterocycles. The van der Waals surface area contributed by atoms with Crippen molar-refractivity contribution in [3.8, 4) is 11.4 Å². The second-order valence-corrected chi connectivity index (χ2v) is 8.29. The molecule has 1 aliphatic heterocycles. The van der Waals surface area contributed by atoms with Gasteiger partial charge < -0.3 is 9.42 Å². The van der Waals surface area contributed by atoms with E-state index in [2.05, 4.69) is 15.0 Å². The molecule has 0 bridgehead atoms. The van der Waals surface area contributed by atoms with Crippen LogP contribution in [-0.4, -0.2) is 52.0 Å². The molecule has 8 heteroatoms. The first-order valence-electron chi connectivity index (χ1n) is 9.81. The molecule has 156 valence electrons. The third kappa shape index (κ3) is 4.36. The fraction of sp³-hybridized carbons (Fsp3) is 0.318. The molecule has 0 unspecified atom stereocenters. The Hall–Kier alpha value is -2.41. The number of halogens is 2. The summed E-state index contributed by atoms with van der Waals surface area (Å²) in [4.78, 5) is 21.4. The fourth-order valence-corrected chi connectivity index (χ4v) is 3.90. The molecule has 30 heavy (non-hydrogen) atoms. The lowest BCUT2D eigenvalue weighted by Gasteiger charge is -2.37. The maximum Gasteiger partial charge on any atom is 0.255 e. The molecule has 0 aliphatic carbocycles. The minimum Gasteiger partial charge on any atom is -0.337 e. The normalized spacial score (nSPS) is 15.9. The van der Waals surface area contributed by atoms with Crippen LogP contribution in [0.3, 0.4) is 0 Å². The number of amides is 1. The third-order valence-electron chi connectivity index (χ3n) is 5.42. The van der Waals surface area contributed by atoms with Crippen molar-refractivity contribution < 1.29 is 9.32 Å². The number of benzene rings is 2. The summed E-state index contributed by atoms with van der Waals surface area (Å²) in [5.74, 6) is 1.05. The summed E-state index contributed by atoms with van der Waals surface area (Å²) >= 11 is 12.2. The highest BCUT2D eigenvalue weighted by molar-refractivity contribution is 6.35. The molecule has 2 heterocycles. The zero-order valence-electron chi connectivity index (χ0n) is 16.8. The number of hydrogen-bond acceptors (Lipinski definition) is 5. The average Bonchev–Trinajstić information content (AvgIpc) is 3.25. The summed E-state index contributed by atoms with van der Waals surface area (Å²) in [6.07, 6.45) is 0. The van der Waals surface area contributed by atoms with Crippen LogP contribution >= 0.6 is 23.2 Å². The van der Waals surface area contributed by atoms with E-state index < -0.39 is 0 Å². The van der Waals surface area contributed by atoms with Gasteiger partial charge in [0.1, 0.15) is 0 Å². The number of rotatable bonds is 4. The molecule has 0 spiro atoms. The van der Waals surface area contributed by atoms with E-state index >= 15 is 0 Å². The second-order valence-electron chi connectivity index (χ2n) is 7.45. The van der Waals surface area contributed by atoms with Crippen LogP contribution in [0.25, 0.3) is 11.4 Å². The van der Waals surface area contributed by atoms with Gasteiger partial charge in [0.05, 0.1) is 16.6 Å². The van der Waals surface area contributed by atoms with Crippen LogP contribution < -0.4 is 0 Å². The lowest BCUT2D eigenvalue weighted by Crippen LogP contribution is -2.49. The summed E-state index contributed by atoms with van der Waals surface area (Å²) in [5.41, 5.74) is 2.55. The minimum atomic E-state index is -0.103. The maximum absolute atomic E-state index is 12.8. The topological polar surface area (TPSA) is 62.5 Å². The number of carbonyl (C=O) groups excluding carboxylic acids is 1. The van der Waals surface area contributed by atoms with E-state index in [1.807, 2.05) is 38.1 Å². The van der Waals surface area contributed by atoms with E-state index in [-0.39, 0.29) is 11.9 Å². The molecule has 1 amide bonds. The van der Waals surface area contributed by atoms with Crippen molar-refractivity contribution in [1.29, 1.82) is 0 Å². The first-order valence-corrected chi connectivity index (χ1v) is 10.6. The van der Waals surface area contributed by atoms with E-state index in [0.717, 1.165) is 5.56 Å². The number of hydrogen-bond donors (Lipinski definition) is 0. The van der Waals surface area contributed by atoms with Gasteiger partial charge in [-0.25, -0.2) is 0 Å². The standard InChI is InChI=1S/C22H22Cl2N4O2/c1-14-3-5-16(6-4-14)20-25-21(30-26-20)15(2)27-9-11-28(12-10-27)22(29)18-13-17(23)7-8-19(18)24/h3-8,13,15H,9-12H2,1-2H3/t15-/m1/s1. The largest absolute Gasteiger partial charge is 0.337 e. The van der Waals surface area contributed by atoms with Gasteiger partial charge in [-0.15, -0.1) is 0 Å². The molecule has 0 radical (unpaired) electrons. The highest BCUT2D eigenvalue weighted by Gasteiger charge is 2.29.